The Kier molecular flexibility index (Phi) is 4.39. The molecule has 0 saturated carbocycles. The fraction of sp³-hybridized carbons (Fsp3) is 0.769. The lowest BCUT2D eigenvalue weighted by Gasteiger charge is -2.30. The molecule has 7 heteroatoms. The number of nitrogens with zero attached hydrogens (tertiary/aromatic N) is 2. The number of aliphatic carboxylic acids is 1. The van der Waals surface area contributed by atoms with Gasteiger partial charge in [0.25, 0.3) is 0 Å². The first kappa shape index (κ1) is 14.9. The van der Waals surface area contributed by atoms with Gasteiger partial charge in [0.1, 0.15) is 0 Å². The van der Waals surface area contributed by atoms with E-state index in [-0.39, 0.29) is 37.5 Å². The largest absolute Gasteiger partial charge is 0.481 e. The number of carbonyl (C=O) groups excluding carboxylic acids is 2. The predicted molar refractivity (Wildman–Crippen MR) is 68.9 cm³/mol. The first-order chi connectivity index (χ1) is 9.47. The number of likely N-dealkylation sites (N-methyl/N-ethyl adjacent to an activating group) is 1. The van der Waals surface area contributed by atoms with E-state index in [1.54, 1.807) is 11.9 Å². The molecule has 3 atom stereocenters. The Morgan fingerprint density at radius 2 is 2.15 bits per heavy atom. The summed E-state index contributed by atoms with van der Waals surface area (Å²) >= 11 is 0. The maximum Gasteiger partial charge on any atom is 0.310 e. The summed E-state index contributed by atoms with van der Waals surface area (Å²) in [5.41, 5.74) is 0. The van der Waals surface area contributed by atoms with E-state index in [4.69, 9.17) is 9.84 Å². The second-order valence-electron chi connectivity index (χ2n) is 5.32. The van der Waals surface area contributed by atoms with Crippen molar-refractivity contribution in [2.45, 2.75) is 31.8 Å². The number of likely N-dealkylation sites (tertiary alicyclic amines) is 1. The molecule has 0 aromatic carbocycles. The van der Waals surface area contributed by atoms with Crippen molar-refractivity contribution in [3.05, 3.63) is 0 Å². The van der Waals surface area contributed by atoms with Crippen LogP contribution in [0.2, 0.25) is 0 Å². The Balaban J connectivity index is 2.10. The van der Waals surface area contributed by atoms with Gasteiger partial charge in [-0.15, -0.1) is 0 Å². The van der Waals surface area contributed by atoms with Gasteiger partial charge in [0, 0.05) is 12.6 Å². The summed E-state index contributed by atoms with van der Waals surface area (Å²) in [6.07, 6.45) is 0.844. The van der Waals surface area contributed by atoms with Crippen LogP contribution in [0.4, 0.5) is 0 Å². The minimum atomic E-state index is -0.929. The highest BCUT2D eigenvalue weighted by molar-refractivity contribution is 6.05. The van der Waals surface area contributed by atoms with E-state index in [1.807, 2.05) is 6.92 Å². The van der Waals surface area contributed by atoms with E-state index < -0.39 is 17.9 Å². The van der Waals surface area contributed by atoms with Gasteiger partial charge in [0.2, 0.25) is 11.8 Å². The second kappa shape index (κ2) is 5.88. The minimum Gasteiger partial charge on any atom is -0.481 e. The zero-order valence-corrected chi connectivity index (χ0v) is 11.7. The monoisotopic (exact) mass is 284 g/mol. The summed E-state index contributed by atoms with van der Waals surface area (Å²) in [4.78, 5) is 38.2. The predicted octanol–water partition coefficient (Wildman–Crippen LogP) is -0.445. The molecule has 20 heavy (non-hydrogen) atoms. The first-order valence-electron chi connectivity index (χ1n) is 6.84. The number of imide groups is 1. The number of carboxylic acids is 1. The Hall–Kier alpha value is -1.47. The van der Waals surface area contributed by atoms with E-state index in [9.17, 15) is 14.4 Å². The average Bonchev–Trinajstić information content (AvgIpc) is 2.98. The molecule has 2 aliphatic heterocycles. The van der Waals surface area contributed by atoms with Crippen LogP contribution >= 0.6 is 0 Å². The van der Waals surface area contributed by atoms with Crippen molar-refractivity contribution >= 4 is 17.8 Å². The van der Waals surface area contributed by atoms with Gasteiger partial charge in [0.05, 0.1) is 31.6 Å². The highest BCUT2D eigenvalue weighted by Gasteiger charge is 2.46. The Morgan fingerprint density at radius 1 is 1.45 bits per heavy atom. The molecular formula is C13H20N2O5. The molecule has 1 N–H and O–H groups in total. The van der Waals surface area contributed by atoms with Crippen LogP contribution in [-0.2, 0) is 19.1 Å². The summed E-state index contributed by atoms with van der Waals surface area (Å²) in [7, 11) is 1.70. The lowest BCUT2D eigenvalue weighted by Crippen LogP contribution is -2.49. The number of carbonyl (C=O) groups is 3. The molecule has 0 bridgehead atoms. The van der Waals surface area contributed by atoms with Gasteiger partial charge in [-0.25, -0.2) is 0 Å². The van der Waals surface area contributed by atoms with E-state index in [0.717, 1.165) is 6.42 Å². The quantitative estimate of drug-likeness (QED) is 0.688. The number of rotatable bonds is 5. The summed E-state index contributed by atoms with van der Waals surface area (Å²) < 4.78 is 5.22. The average molecular weight is 284 g/mol. The van der Waals surface area contributed by atoms with Crippen molar-refractivity contribution in [1.82, 2.24) is 9.80 Å². The van der Waals surface area contributed by atoms with Crippen LogP contribution in [0.5, 0.6) is 0 Å². The van der Waals surface area contributed by atoms with Crippen molar-refractivity contribution in [3.8, 4) is 0 Å². The van der Waals surface area contributed by atoms with Crippen LogP contribution in [0.3, 0.4) is 0 Å². The van der Waals surface area contributed by atoms with Crippen molar-refractivity contribution in [2.24, 2.45) is 5.92 Å². The van der Waals surface area contributed by atoms with Crippen LogP contribution in [0.15, 0.2) is 0 Å². The lowest BCUT2D eigenvalue weighted by atomic mass is 10.0. The van der Waals surface area contributed by atoms with E-state index in [2.05, 4.69) is 0 Å². The van der Waals surface area contributed by atoms with Crippen molar-refractivity contribution in [3.63, 3.8) is 0 Å². The van der Waals surface area contributed by atoms with Gasteiger partial charge in [-0.05, 0) is 13.5 Å². The second-order valence-corrected chi connectivity index (χ2v) is 5.32. The molecule has 2 aliphatic rings. The van der Waals surface area contributed by atoms with E-state index in [1.165, 1.54) is 4.90 Å². The van der Waals surface area contributed by atoms with Gasteiger partial charge in [-0.1, -0.05) is 6.92 Å². The summed E-state index contributed by atoms with van der Waals surface area (Å²) in [6, 6.07) is -0.932. The molecule has 112 valence electrons. The van der Waals surface area contributed by atoms with Crippen LogP contribution in [0.25, 0.3) is 0 Å². The molecular weight excluding hydrogens is 264 g/mol. The zero-order chi connectivity index (χ0) is 14.9. The maximum atomic E-state index is 12.3. The summed E-state index contributed by atoms with van der Waals surface area (Å²) in [5.74, 6) is -1.99. The molecule has 0 spiro atoms. The number of carboxylic acid groups (broad SMARTS) is 1. The third-order valence-corrected chi connectivity index (χ3v) is 4.05. The van der Waals surface area contributed by atoms with Crippen molar-refractivity contribution in [2.75, 3.05) is 26.8 Å². The molecule has 2 saturated heterocycles. The summed E-state index contributed by atoms with van der Waals surface area (Å²) in [6.45, 7) is 2.76. The normalized spacial score (nSPS) is 30.6. The molecule has 0 aromatic rings. The molecule has 2 amide bonds. The number of hydrogen-bond donors (Lipinski definition) is 1. The Bertz CT molecular complexity index is 425. The summed E-state index contributed by atoms with van der Waals surface area (Å²) in [5, 5.41) is 9.16. The number of ether oxygens (including phenoxy) is 1. The molecule has 2 fully saturated rings. The third kappa shape index (κ3) is 2.55. The zero-order valence-electron chi connectivity index (χ0n) is 11.7. The van der Waals surface area contributed by atoms with Gasteiger partial charge in [0.15, 0.2) is 0 Å². The minimum absolute atomic E-state index is 0.123. The standard InChI is InChI=1S/C13H20N2O5/c1-3-4-15-11(16)5-9(12(15)17)14(2)10-7-20-6-8(10)13(18)19/h8-10H,3-7H2,1-2H3,(H,18,19). The van der Waals surface area contributed by atoms with Gasteiger partial charge >= 0.3 is 5.97 Å². The fourth-order valence-corrected chi connectivity index (χ4v) is 2.85. The Morgan fingerprint density at radius 3 is 2.75 bits per heavy atom. The molecule has 2 rings (SSSR count). The SMILES string of the molecule is CCCN1C(=O)CC(N(C)C2COCC2C(=O)O)C1=O. The molecule has 2 heterocycles. The number of amides is 2. The Labute approximate surface area is 117 Å². The smallest absolute Gasteiger partial charge is 0.310 e. The maximum absolute atomic E-state index is 12.3. The van der Waals surface area contributed by atoms with Crippen LogP contribution in [0, 0.1) is 5.92 Å². The first-order valence-corrected chi connectivity index (χ1v) is 6.84. The highest BCUT2D eigenvalue weighted by atomic mass is 16.5. The van der Waals surface area contributed by atoms with Gasteiger partial charge in [-0.2, -0.15) is 0 Å². The molecule has 0 aromatic heterocycles. The van der Waals surface area contributed by atoms with Crippen molar-refractivity contribution < 1.29 is 24.2 Å². The van der Waals surface area contributed by atoms with Crippen LogP contribution < -0.4 is 0 Å². The molecule has 0 aliphatic carbocycles. The molecule has 7 nitrogen and oxygen atoms in total. The van der Waals surface area contributed by atoms with E-state index >= 15 is 0 Å². The third-order valence-electron chi connectivity index (χ3n) is 4.05. The van der Waals surface area contributed by atoms with E-state index in [0.29, 0.717) is 6.54 Å². The van der Waals surface area contributed by atoms with Gasteiger partial charge in [-0.3, -0.25) is 24.2 Å². The molecule has 0 radical (unpaired) electrons. The lowest BCUT2D eigenvalue weighted by molar-refractivity contribution is -0.145. The fourth-order valence-electron chi connectivity index (χ4n) is 2.85. The molecule has 3 unspecified atom stereocenters. The highest BCUT2D eigenvalue weighted by Crippen LogP contribution is 2.26. The number of hydrogen-bond acceptors (Lipinski definition) is 5. The van der Waals surface area contributed by atoms with Crippen molar-refractivity contribution in [1.29, 1.82) is 0 Å². The van der Waals surface area contributed by atoms with Crippen LogP contribution in [-0.4, -0.2) is 71.6 Å². The van der Waals surface area contributed by atoms with Gasteiger partial charge < -0.3 is 9.84 Å². The topological polar surface area (TPSA) is 87.2 Å². The van der Waals surface area contributed by atoms with Crippen LogP contribution in [0.1, 0.15) is 19.8 Å².